The van der Waals surface area contributed by atoms with Gasteiger partial charge >= 0.3 is 0 Å². The molecule has 8 nitrogen and oxygen atoms in total. The molecule has 0 aliphatic heterocycles. The van der Waals surface area contributed by atoms with Crippen LogP contribution in [0.3, 0.4) is 0 Å². The molecule has 482 valence electrons. The number of aromatic nitrogens is 4. The molecule has 4 N–H and O–H groups in total. The molecular formula is C84H102N4O4. The summed E-state index contributed by atoms with van der Waals surface area (Å²) in [5.41, 5.74) is 16.4. The number of hydrogen-bond acceptors (Lipinski definition) is 4. The molecule has 4 aromatic heterocycles. The number of benzene rings is 5. The first-order valence-corrected chi connectivity index (χ1v) is 32.9. The van der Waals surface area contributed by atoms with E-state index >= 15 is 0 Å². The van der Waals surface area contributed by atoms with Crippen LogP contribution < -0.4 is 0 Å². The van der Waals surface area contributed by atoms with E-state index in [2.05, 4.69) is 235 Å². The highest BCUT2D eigenvalue weighted by molar-refractivity contribution is 6.10. The Morgan fingerprint density at radius 2 is 0.380 bits per heavy atom. The Hall–Kier alpha value is -8.10. The highest BCUT2D eigenvalue weighted by Gasteiger charge is 2.32. The van der Waals surface area contributed by atoms with Gasteiger partial charge in [0.1, 0.15) is 0 Å². The molecule has 0 aliphatic carbocycles. The molecule has 0 spiro atoms. The van der Waals surface area contributed by atoms with Crippen molar-refractivity contribution in [2.24, 2.45) is 0 Å². The largest absolute Gasteiger partial charge is 0.355 e. The Morgan fingerprint density at radius 3 is 0.522 bits per heavy atom. The fraction of sp³-hybridized carbons (Fsp3) is 0.405. The van der Waals surface area contributed by atoms with Crippen LogP contribution in [0.25, 0.3) is 0 Å². The summed E-state index contributed by atoms with van der Waals surface area (Å²) in [5, 5.41) is 0. The van der Waals surface area contributed by atoms with Gasteiger partial charge in [-0.05, 0) is 196 Å². The van der Waals surface area contributed by atoms with Crippen LogP contribution in [0.1, 0.15) is 321 Å². The Balaban J connectivity index is 1.18. The van der Waals surface area contributed by atoms with Crippen molar-refractivity contribution >= 4 is 23.1 Å². The summed E-state index contributed by atoms with van der Waals surface area (Å²) in [4.78, 5) is 74.0. The van der Waals surface area contributed by atoms with Crippen molar-refractivity contribution in [1.82, 2.24) is 19.9 Å². The average Bonchev–Trinajstić information content (AvgIpc) is 1.39. The summed E-state index contributed by atoms with van der Waals surface area (Å²) in [7, 11) is 0. The Kier molecular flexibility index (Phi) is 17.9. The molecule has 0 bridgehead atoms. The number of rotatable bonds is 14. The highest BCUT2D eigenvalue weighted by atomic mass is 16.1. The van der Waals surface area contributed by atoms with E-state index < -0.39 is 11.8 Å². The number of ketones is 4. The van der Waals surface area contributed by atoms with E-state index in [1.54, 1.807) is 0 Å². The molecule has 0 radical (unpaired) electrons. The van der Waals surface area contributed by atoms with Crippen molar-refractivity contribution in [2.45, 2.75) is 221 Å². The molecule has 9 rings (SSSR count). The van der Waals surface area contributed by atoms with Gasteiger partial charge in [-0.1, -0.05) is 215 Å². The second-order valence-corrected chi connectivity index (χ2v) is 34.4. The summed E-state index contributed by atoms with van der Waals surface area (Å²) >= 11 is 0. The molecule has 92 heavy (non-hydrogen) atoms. The van der Waals surface area contributed by atoms with Gasteiger partial charge in [-0.3, -0.25) is 19.2 Å². The lowest BCUT2D eigenvalue weighted by Gasteiger charge is -2.26. The predicted octanol–water partition coefficient (Wildman–Crippen LogP) is 20.7. The van der Waals surface area contributed by atoms with E-state index in [1.807, 2.05) is 97.1 Å². The monoisotopic (exact) mass is 1230 g/mol. The first-order chi connectivity index (χ1) is 42.2. The molecule has 0 saturated heterocycles. The average molecular weight is 1230 g/mol. The molecule has 0 unspecified atom stereocenters. The van der Waals surface area contributed by atoms with E-state index in [1.165, 1.54) is 0 Å². The maximum atomic E-state index is 14.9. The van der Waals surface area contributed by atoms with Crippen molar-refractivity contribution in [3.63, 3.8) is 0 Å². The van der Waals surface area contributed by atoms with Gasteiger partial charge in [0, 0.05) is 45.0 Å². The minimum Gasteiger partial charge on any atom is -0.355 e. The van der Waals surface area contributed by atoms with E-state index in [0.29, 0.717) is 45.0 Å². The minimum absolute atomic E-state index is 0.110. The third kappa shape index (κ3) is 14.9. The van der Waals surface area contributed by atoms with Crippen LogP contribution in [-0.2, 0) is 43.3 Å². The van der Waals surface area contributed by atoms with Gasteiger partial charge in [0.15, 0.2) is 0 Å². The van der Waals surface area contributed by atoms with Crippen LogP contribution >= 0.6 is 0 Å². The van der Waals surface area contributed by atoms with E-state index in [9.17, 15) is 19.2 Å². The van der Waals surface area contributed by atoms with Crippen LogP contribution in [0.5, 0.6) is 0 Å². The molecule has 9 aromatic rings. The second kappa shape index (κ2) is 24.1. The molecule has 5 aromatic carbocycles. The molecular weight excluding hydrogens is 1130 g/mol. The molecule has 0 atom stereocenters. The quantitative estimate of drug-likeness (QED) is 0.0808. The summed E-state index contributed by atoms with van der Waals surface area (Å²) in [6, 6.07) is 48.9. The smallest absolute Gasteiger partial charge is 0.209 e. The van der Waals surface area contributed by atoms with E-state index in [0.717, 1.165) is 78.4 Å². The summed E-state index contributed by atoms with van der Waals surface area (Å²) < 4.78 is 0. The second-order valence-electron chi connectivity index (χ2n) is 34.4. The van der Waals surface area contributed by atoms with Gasteiger partial charge in [-0.25, -0.2) is 0 Å². The van der Waals surface area contributed by atoms with E-state index in [-0.39, 0.29) is 66.5 Å². The highest BCUT2D eigenvalue weighted by Crippen LogP contribution is 2.40. The summed E-state index contributed by atoms with van der Waals surface area (Å²) in [6.07, 6.45) is 0. The molecule has 0 amide bonds. The maximum Gasteiger partial charge on any atom is 0.209 e. The van der Waals surface area contributed by atoms with Crippen molar-refractivity contribution in [2.75, 3.05) is 0 Å². The normalized spacial score (nSPS) is 13.2. The Bertz CT molecular complexity index is 3600. The number of carbonyl (C=O) groups excluding carboxylic acids is 4. The maximum absolute atomic E-state index is 14.9. The molecule has 0 saturated carbocycles. The van der Waals surface area contributed by atoms with Gasteiger partial charge in [-0.2, -0.15) is 0 Å². The molecule has 0 aliphatic rings. The van der Waals surface area contributed by atoms with Gasteiger partial charge in [0.2, 0.25) is 23.1 Å². The fourth-order valence-corrected chi connectivity index (χ4v) is 11.9. The number of nitrogens with one attached hydrogen (secondary N) is 4. The minimum atomic E-state index is -0.490. The topological polar surface area (TPSA) is 131 Å². The zero-order valence-electron chi connectivity index (χ0n) is 59.6. The van der Waals surface area contributed by atoms with Crippen molar-refractivity contribution in [3.8, 4) is 0 Å². The predicted molar refractivity (Wildman–Crippen MR) is 381 cm³/mol. The first kappa shape index (κ1) is 68.3. The molecule has 4 heterocycles. The molecule has 8 heteroatoms. The van der Waals surface area contributed by atoms with Crippen LogP contribution in [0.15, 0.2) is 146 Å². The lowest BCUT2D eigenvalue weighted by molar-refractivity contribution is 0.102. The first-order valence-electron chi connectivity index (χ1n) is 32.9. The summed E-state index contributed by atoms with van der Waals surface area (Å²) in [6.45, 7) is 52.2. The number of carbonyl (C=O) groups is 4. The van der Waals surface area contributed by atoms with Crippen molar-refractivity contribution < 1.29 is 19.2 Å². The third-order valence-electron chi connectivity index (χ3n) is 18.4. The summed E-state index contributed by atoms with van der Waals surface area (Å²) in [5.74, 6) is -1.42. The van der Waals surface area contributed by atoms with Crippen molar-refractivity contribution in [1.29, 1.82) is 0 Å². The lowest BCUT2D eigenvalue weighted by Crippen LogP contribution is -2.18. The fourth-order valence-electron chi connectivity index (χ4n) is 11.9. The van der Waals surface area contributed by atoms with Gasteiger partial charge in [0.05, 0.1) is 34.6 Å². The van der Waals surface area contributed by atoms with Crippen molar-refractivity contribution in [3.05, 3.63) is 269 Å². The SMILES string of the molecule is CC(C)(C)c1cc(C(=O)c2ccc(C(c3ccc(C(c4ccc(C(=O)c5cc(C(C)(C)C)cc(C(C)(C)C)c5)[nH]4)c4ccc(C(=O)c5cc(C(C)(C)C)cc(C(C)(C)C)c5)[nH]4)cc3)c3ccc(C(=O)c4cc(C(C)(C)C)cc(C(C)(C)C)c4)[nH]3)[nH]2)cc(C(C)(C)C)c1. The third-order valence-corrected chi connectivity index (χ3v) is 18.4. The van der Waals surface area contributed by atoms with Crippen LogP contribution in [0, 0.1) is 0 Å². The zero-order chi connectivity index (χ0) is 68.0. The standard InChI is InChI=1S/C84H102N4O4/c1-77(2,3)55-37-51(38-56(45-55)78(4,5)6)73(89)67-33-29-63(85-67)71(64-30-34-68(86-64)74(90)52-39-57(79(7,8)9)46-58(40-52)80(10,11)12)49-25-27-50(28-26-49)72(65-31-35-69(87-65)75(91)53-41-59(81(13,14)15)47-60(42-53)82(16,17)18)66-32-36-70(88-66)76(92)54-43-61(83(19,20)21)48-62(44-54)84(22,23)24/h25-48,71-72,85-88H,1-24H3. The number of H-pyrrole nitrogens is 4. The Labute approximate surface area is 549 Å². The van der Waals surface area contributed by atoms with E-state index in [4.69, 9.17) is 0 Å². The Morgan fingerprint density at radius 1 is 0.228 bits per heavy atom. The zero-order valence-corrected chi connectivity index (χ0v) is 59.6. The lowest BCUT2D eigenvalue weighted by atomic mass is 9.79. The molecule has 0 fully saturated rings. The van der Waals surface area contributed by atoms with Gasteiger partial charge in [0.25, 0.3) is 0 Å². The van der Waals surface area contributed by atoms with Crippen LogP contribution in [0.2, 0.25) is 0 Å². The number of aromatic amines is 4. The van der Waals surface area contributed by atoms with Gasteiger partial charge in [-0.15, -0.1) is 0 Å². The number of hydrogen-bond donors (Lipinski definition) is 4. The van der Waals surface area contributed by atoms with Crippen LogP contribution in [0.4, 0.5) is 0 Å². The van der Waals surface area contributed by atoms with Crippen LogP contribution in [-0.4, -0.2) is 43.1 Å². The van der Waals surface area contributed by atoms with Gasteiger partial charge < -0.3 is 19.9 Å².